The van der Waals surface area contributed by atoms with Crippen LogP contribution in [0.1, 0.15) is 37.6 Å². The molecule has 0 unspecified atom stereocenters. The molecule has 0 saturated heterocycles. The van der Waals surface area contributed by atoms with Crippen LogP contribution in [0.4, 0.5) is 10.5 Å². The summed E-state index contributed by atoms with van der Waals surface area (Å²) in [7, 11) is 1.72. The van der Waals surface area contributed by atoms with Crippen LogP contribution in [0.15, 0.2) is 54.6 Å². The van der Waals surface area contributed by atoms with Crippen molar-refractivity contribution in [3.05, 3.63) is 66.0 Å². The van der Waals surface area contributed by atoms with Gasteiger partial charge in [-0.2, -0.15) is 5.10 Å². The molecule has 3 rings (SSSR count). The second kappa shape index (κ2) is 10.4. The van der Waals surface area contributed by atoms with Crippen LogP contribution in [0, 0.1) is 0 Å². The first-order valence-corrected chi connectivity index (χ1v) is 10.3. The molecule has 0 aliphatic rings. The molecule has 1 heterocycles. The van der Waals surface area contributed by atoms with Crippen molar-refractivity contribution in [1.82, 2.24) is 25.4 Å². The summed E-state index contributed by atoms with van der Waals surface area (Å²) in [6.45, 7) is 4.80. The van der Waals surface area contributed by atoms with Gasteiger partial charge in [0, 0.05) is 38.0 Å². The minimum absolute atomic E-state index is 0.157. The number of para-hydroxylation sites is 1. The lowest BCUT2D eigenvalue weighted by Crippen LogP contribution is -2.38. The number of H-pyrrole nitrogens is 1. The minimum atomic E-state index is -0.223. The number of aromatic amines is 1. The van der Waals surface area contributed by atoms with Gasteiger partial charge in [-0.1, -0.05) is 56.3 Å². The third kappa shape index (κ3) is 6.15. The summed E-state index contributed by atoms with van der Waals surface area (Å²) in [4.78, 5) is 30.8. The van der Waals surface area contributed by atoms with Crippen molar-refractivity contribution in [3.8, 4) is 11.4 Å². The molecule has 3 aromatic rings. The maximum atomic E-state index is 12.4. The van der Waals surface area contributed by atoms with Crippen LogP contribution >= 0.6 is 0 Å². The second-order valence-electron chi connectivity index (χ2n) is 7.62. The van der Waals surface area contributed by atoms with E-state index in [0.717, 1.165) is 17.0 Å². The molecular weight excluding hydrogens is 392 g/mol. The highest BCUT2D eigenvalue weighted by molar-refractivity contribution is 5.95. The van der Waals surface area contributed by atoms with Gasteiger partial charge in [-0.15, -0.1) is 0 Å². The Hall–Kier alpha value is -3.68. The van der Waals surface area contributed by atoms with Crippen LogP contribution in [0.2, 0.25) is 0 Å². The molecule has 0 saturated carbocycles. The highest BCUT2D eigenvalue weighted by Crippen LogP contribution is 2.25. The number of carbonyl (C=O) groups is 2. The van der Waals surface area contributed by atoms with Crippen molar-refractivity contribution < 1.29 is 9.59 Å². The van der Waals surface area contributed by atoms with Gasteiger partial charge in [0.05, 0.1) is 5.69 Å². The molecule has 1 aromatic heterocycles. The molecule has 0 spiro atoms. The number of nitrogens with zero attached hydrogens (tertiary/aromatic N) is 3. The molecule has 2 aromatic carbocycles. The third-order valence-electron chi connectivity index (χ3n) is 4.73. The lowest BCUT2D eigenvalue weighted by atomic mass is 10.1. The Morgan fingerprint density at radius 1 is 1.06 bits per heavy atom. The smallest absolute Gasteiger partial charge is 0.317 e. The van der Waals surface area contributed by atoms with Gasteiger partial charge in [-0.25, -0.2) is 9.78 Å². The largest absolute Gasteiger partial charge is 0.337 e. The van der Waals surface area contributed by atoms with Gasteiger partial charge in [0.15, 0.2) is 5.82 Å². The number of hydrogen-bond donors (Lipinski definition) is 3. The molecule has 3 N–H and O–H groups in total. The SMILES string of the molecule is CC(C)c1nc(-c2ccccc2NC(=O)CCNC(=O)N(C)Cc2ccccc2)n[nH]1. The lowest BCUT2D eigenvalue weighted by Gasteiger charge is -2.18. The van der Waals surface area contributed by atoms with Gasteiger partial charge in [-0.3, -0.25) is 9.89 Å². The highest BCUT2D eigenvalue weighted by atomic mass is 16.2. The number of urea groups is 1. The first kappa shape index (κ1) is 22.0. The van der Waals surface area contributed by atoms with Crippen LogP contribution in [0.3, 0.4) is 0 Å². The van der Waals surface area contributed by atoms with Crippen LogP contribution in [-0.4, -0.2) is 45.6 Å². The summed E-state index contributed by atoms with van der Waals surface area (Å²) >= 11 is 0. The van der Waals surface area contributed by atoms with E-state index in [0.29, 0.717) is 18.1 Å². The van der Waals surface area contributed by atoms with Gasteiger partial charge < -0.3 is 15.5 Å². The summed E-state index contributed by atoms with van der Waals surface area (Å²) in [5.41, 5.74) is 2.42. The first-order valence-electron chi connectivity index (χ1n) is 10.3. The van der Waals surface area contributed by atoms with Crippen LogP contribution in [0.25, 0.3) is 11.4 Å². The van der Waals surface area contributed by atoms with Crippen molar-refractivity contribution in [2.24, 2.45) is 0 Å². The average Bonchev–Trinajstić information content (AvgIpc) is 3.25. The first-order chi connectivity index (χ1) is 14.9. The predicted molar refractivity (Wildman–Crippen MR) is 120 cm³/mol. The van der Waals surface area contributed by atoms with Crippen molar-refractivity contribution in [2.75, 3.05) is 18.9 Å². The number of carbonyl (C=O) groups excluding carboxylic acids is 2. The summed E-state index contributed by atoms with van der Waals surface area (Å²) < 4.78 is 0. The normalized spacial score (nSPS) is 10.7. The van der Waals surface area contributed by atoms with E-state index in [4.69, 9.17) is 0 Å². The Kier molecular flexibility index (Phi) is 7.37. The molecular formula is C23H28N6O2. The third-order valence-corrected chi connectivity index (χ3v) is 4.73. The standard InChI is InChI=1S/C23H28N6O2/c1-16(2)21-26-22(28-27-21)18-11-7-8-12-19(18)25-20(30)13-14-24-23(31)29(3)15-17-9-5-4-6-10-17/h4-12,16H,13-15H2,1-3H3,(H,24,31)(H,25,30)(H,26,27,28). The Morgan fingerprint density at radius 3 is 2.48 bits per heavy atom. The molecule has 8 heteroatoms. The van der Waals surface area contributed by atoms with E-state index in [9.17, 15) is 9.59 Å². The molecule has 31 heavy (non-hydrogen) atoms. The molecule has 0 atom stereocenters. The highest BCUT2D eigenvalue weighted by Gasteiger charge is 2.14. The van der Waals surface area contributed by atoms with Gasteiger partial charge in [0.25, 0.3) is 0 Å². The molecule has 8 nitrogen and oxygen atoms in total. The minimum Gasteiger partial charge on any atom is -0.337 e. The van der Waals surface area contributed by atoms with Gasteiger partial charge in [-0.05, 0) is 17.7 Å². The molecule has 0 aliphatic heterocycles. The molecule has 162 valence electrons. The summed E-state index contributed by atoms with van der Waals surface area (Å²) in [6, 6.07) is 16.9. The fourth-order valence-corrected chi connectivity index (χ4v) is 3.00. The number of benzene rings is 2. The van der Waals surface area contributed by atoms with E-state index in [1.807, 2.05) is 68.4 Å². The van der Waals surface area contributed by atoms with E-state index in [2.05, 4.69) is 25.8 Å². The van der Waals surface area contributed by atoms with E-state index >= 15 is 0 Å². The number of anilines is 1. The Morgan fingerprint density at radius 2 is 1.77 bits per heavy atom. The monoisotopic (exact) mass is 420 g/mol. The maximum absolute atomic E-state index is 12.4. The number of nitrogens with one attached hydrogen (secondary N) is 3. The molecule has 0 fully saturated rings. The van der Waals surface area contributed by atoms with Crippen molar-refractivity contribution in [2.45, 2.75) is 32.7 Å². The van der Waals surface area contributed by atoms with Gasteiger partial charge in [0.1, 0.15) is 5.82 Å². The summed E-state index contributed by atoms with van der Waals surface area (Å²) in [6.07, 6.45) is 0.157. The summed E-state index contributed by atoms with van der Waals surface area (Å²) in [5, 5.41) is 12.9. The predicted octanol–water partition coefficient (Wildman–Crippen LogP) is 3.77. The van der Waals surface area contributed by atoms with E-state index in [1.165, 1.54) is 0 Å². The number of aromatic nitrogens is 3. The van der Waals surface area contributed by atoms with Crippen molar-refractivity contribution in [3.63, 3.8) is 0 Å². The average molecular weight is 421 g/mol. The number of rotatable bonds is 8. The zero-order valence-electron chi connectivity index (χ0n) is 18.1. The Labute approximate surface area is 182 Å². The molecule has 3 amide bonds. The summed E-state index contributed by atoms with van der Waals surface area (Å²) in [5.74, 6) is 1.36. The fourth-order valence-electron chi connectivity index (χ4n) is 3.00. The van der Waals surface area contributed by atoms with E-state index in [-0.39, 0.29) is 30.8 Å². The van der Waals surface area contributed by atoms with Gasteiger partial charge in [0.2, 0.25) is 5.91 Å². The fraction of sp³-hybridized carbons (Fsp3) is 0.304. The lowest BCUT2D eigenvalue weighted by molar-refractivity contribution is -0.116. The van der Waals surface area contributed by atoms with Crippen LogP contribution < -0.4 is 10.6 Å². The zero-order chi connectivity index (χ0) is 22.2. The molecule has 0 bridgehead atoms. The Bertz CT molecular complexity index is 1020. The van der Waals surface area contributed by atoms with Gasteiger partial charge >= 0.3 is 6.03 Å². The zero-order valence-corrected chi connectivity index (χ0v) is 18.1. The number of amides is 3. The quantitative estimate of drug-likeness (QED) is 0.516. The molecule has 0 radical (unpaired) electrons. The second-order valence-corrected chi connectivity index (χ2v) is 7.62. The van der Waals surface area contributed by atoms with Crippen molar-refractivity contribution >= 4 is 17.6 Å². The van der Waals surface area contributed by atoms with Crippen LogP contribution in [-0.2, 0) is 11.3 Å². The number of hydrogen-bond acceptors (Lipinski definition) is 4. The Balaban J connectivity index is 1.51. The maximum Gasteiger partial charge on any atom is 0.317 e. The molecule has 0 aliphatic carbocycles. The van der Waals surface area contributed by atoms with E-state index in [1.54, 1.807) is 11.9 Å². The van der Waals surface area contributed by atoms with Crippen LogP contribution in [0.5, 0.6) is 0 Å². The van der Waals surface area contributed by atoms with E-state index < -0.39 is 0 Å². The van der Waals surface area contributed by atoms with Crippen molar-refractivity contribution in [1.29, 1.82) is 0 Å². The topological polar surface area (TPSA) is 103 Å².